The number of hydrogen-bond acceptors (Lipinski definition) is 3. The Labute approximate surface area is 112 Å². The zero-order valence-corrected chi connectivity index (χ0v) is 12.5. The first-order valence-electron chi connectivity index (χ1n) is 6.68. The molecule has 0 N–H and O–H groups in total. The van der Waals surface area contributed by atoms with E-state index in [0.717, 1.165) is 19.3 Å². The summed E-state index contributed by atoms with van der Waals surface area (Å²) in [5, 5.41) is 1.19. The average Bonchev–Trinajstić information content (AvgIpc) is 2.40. The maximum Gasteiger partial charge on any atom is 0.532 e. The van der Waals surface area contributed by atoms with Crippen molar-refractivity contribution in [2.45, 2.75) is 33.1 Å². The summed E-state index contributed by atoms with van der Waals surface area (Å²) in [7, 11) is -2.67. The third-order valence-corrected chi connectivity index (χ3v) is 5.81. The zero-order valence-electron chi connectivity index (χ0n) is 11.5. The standard InChI is InChI=1S/C14H24O3Si/c1-4-7-13-17-18(15-5-2,16-6-3)14-11-9-8-10-12-14/h4,8-9,11H,1,5-7,10,12-13H2,2-3H3. The van der Waals surface area contributed by atoms with Gasteiger partial charge in [-0.05, 0) is 33.1 Å². The highest BCUT2D eigenvalue weighted by Gasteiger charge is 2.44. The first kappa shape index (κ1) is 15.4. The van der Waals surface area contributed by atoms with Crippen molar-refractivity contribution in [3.8, 4) is 0 Å². The second kappa shape index (κ2) is 8.42. The molecule has 0 spiro atoms. The van der Waals surface area contributed by atoms with Crippen molar-refractivity contribution in [3.63, 3.8) is 0 Å². The first-order valence-corrected chi connectivity index (χ1v) is 8.40. The lowest BCUT2D eigenvalue weighted by atomic mass is 10.2. The van der Waals surface area contributed by atoms with Crippen molar-refractivity contribution >= 4 is 8.80 Å². The maximum absolute atomic E-state index is 6.01. The lowest BCUT2D eigenvalue weighted by Gasteiger charge is -2.31. The van der Waals surface area contributed by atoms with Crippen LogP contribution >= 0.6 is 0 Å². The molecule has 3 nitrogen and oxygen atoms in total. The van der Waals surface area contributed by atoms with E-state index in [1.165, 1.54) is 5.20 Å². The van der Waals surface area contributed by atoms with E-state index < -0.39 is 8.80 Å². The first-order chi connectivity index (χ1) is 8.79. The van der Waals surface area contributed by atoms with Gasteiger partial charge in [0.2, 0.25) is 0 Å². The van der Waals surface area contributed by atoms with Crippen molar-refractivity contribution < 1.29 is 13.3 Å². The molecule has 0 aromatic rings. The van der Waals surface area contributed by atoms with Gasteiger partial charge in [-0.1, -0.05) is 24.3 Å². The van der Waals surface area contributed by atoms with E-state index in [4.69, 9.17) is 13.3 Å². The minimum Gasteiger partial charge on any atom is -0.370 e. The Morgan fingerprint density at radius 3 is 2.50 bits per heavy atom. The fourth-order valence-electron chi connectivity index (χ4n) is 1.92. The molecule has 0 amide bonds. The molecule has 0 fully saturated rings. The molecule has 0 bridgehead atoms. The summed E-state index contributed by atoms with van der Waals surface area (Å²) < 4.78 is 17.8. The SMILES string of the molecule is C=CCCO[Si](OCC)(OCC)C1=CC=CCC1. The molecule has 0 aromatic heterocycles. The van der Waals surface area contributed by atoms with Crippen molar-refractivity contribution in [1.29, 1.82) is 0 Å². The van der Waals surface area contributed by atoms with Crippen LogP contribution in [0.3, 0.4) is 0 Å². The highest BCUT2D eigenvalue weighted by atomic mass is 28.4. The van der Waals surface area contributed by atoms with Gasteiger partial charge in [0.05, 0.1) is 0 Å². The molecule has 1 aliphatic rings. The Morgan fingerprint density at radius 1 is 1.28 bits per heavy atom. The van der Waals surface area contributed by atoms with Gasteiger partial charge < -0.3 is 13.3 Å². The van der Waals surface area contributed by atoms with Crippen LogP contribution in [0.2, 0.25) is 0 Å². The van der Waals surface area contributed by atoms with E-state index >= 15 is 0 Å². The summed E-state index contributed by atoms with van der Waals surface area (Å²) in [5.74, 6) is 0. The normalized spacial score (nSPS) is 15.6. The van der Waals surface area contributed by atoms with Crippen LogP contribution in [0, 0.1) is 0 Å². The van der Waals surface area contributed by atoms with Gasteiger partial charge in [-0.15, -0.1) is 6.58 Å². The molecule has 0 unspecified atom stereocenters. The third-order valence-electron chi connectivity index (χ3n) is 2.69. The summed E-state index contributed by atoms with van der Waals surface area (Å²) in [4.78, 5) is 0. The van der Waals surface area contributed by atoms with Gasteiger partial charge in [0.25, 0.3) is 0 Å². The Balaban J connectivity index is 2.83. The monoisotopic (exact) mass is 268 g/mol. The molecule has 1 rings (SSSR count). The molecule has 1 aliphatic carbocycles. The van der Waals surface area contributed by atoms with Crippen LogP contribution in [0.5, 0.6) is 0 Å². The van der Waals surface area contributed by atoms with E-state index in [9.17, 15) is 0 Å². The zero-order chi connectivity index (χ0) is 13.3. The van der Waals surface area contributed by atoms with Gasteiger partial charge in [0.15, 0.2) is 0 Å². The Kier molecular flexibility index (Phi) is 7.20. The van der Waals surface area contributed by atoms with E-state index in [0.29, 0.717) is 19.8 Å². The van der Waals surface area contributed by atoms with Crippen LogP contribution in [0.1, 0.15) is 33.1 Å². The summed E-state index contributed by atoms with van der Waals surface area (Å²) in [5.41, 5.74) is 0. The second-order valence-corrected chi connectivity index (χ2v) is 6.63. The predicted octanol–water partition coefficient (Wildman–Crippen LogP) is 3.41. The van der Waals surface area contributed by atoms with Gasteiger partial charge in [0.1, 0.15) is 0 Å². The van der Waals surface area contributed by atoms with Gasteiger partial charge in [-0.2, -0.15) is 0 Å². The molecule has 0 aromatic carbocycles. The minimum absolute atomic E-state index is 0.608. The highest BCUT2D eigenvalue weighted by Crippen LogP contribution is 2.27. The van der Waals surface area contributed by atoms with Gasteiger partial charge in [-0.25, -0.2) is 0 Å². The van der Waals surface area contributed by atoms with Crippen LogP contribution in [-0.2, 0) is 13.3 Å². The maximum atomic E-state index is 6.01. The molecule has 0 radical (unpaired) electrons. The molecule has 102 valence electrons. The number of allylic oxidation sites excluding steroid dienone is 4. The molecule has 0 atom stereocenters. The van der Waals surface area contributed by atoms with Crippen LogP contribution in [-0.4, -0.2) is 28.6 Å². The quantitative estimate of drug-likeness (QED) is 0.364. The Hall–Kier alpha value is -0.683. The molecule has 4 heteroatoms. The van der Waals surface area contributed by atoms with E-state index in [1.54, 1.807) is 0 Å². The Bertz CT molecular complexity index is 304. The van der Waals surface area contributed by atoms with E-state index in [2.05, 4.69) is 24.8 Å². The van der Waals surface area contributed by atoms with Crippen LogP contribution in [0.25, 0.3) is 0 Å². The van der Waals surface area contributed by atoms with Crippen LogP contribution in [0.15, 0.2) is 36.1 Å². The topological polar surface area (TPSA) is 27.7 Å². The average molecular weight is 268 g/mol. The summed E-state index contributed by atoms with van der Waals surface area (Å²) in [6.07, 6.45) is 11.0. The lowest BCUT2D eigenvalue weighted by Crippen LogP contribution is -2.48. The number of hydrogen-bond donors (Lipinski definition) is 0. The Morgan fingerprint density at radius 2 is 2.00 bits per heavy atom. The highest BCUT2D eigenvalue weighted by molar-refractivity contribution is 6.68. The fraction of sp³-hybridized carbons (Fsp3) is 0.571. The van der Waals surface area contributed by atoms with E-state index in [-0.39, 0.29) is 0 Å². The van der Waals surface area contributed by atoms with Crippen molar-refractivity contribution in [1.82, 2.24) is 0 Å². The molecule has 0 aliphatic heterocycles. The molecule has 18 heavy (non-hydrogen) atoms. The minimum atomic E-state index is -2.67. The van der Waals surface area contributed by atoms with Crippen LogP contribution < -0.4 is 0 Å². The van der Waals surface area contributed by atoms with E-state index in [1.807, 2.05) is 19.9 Å². The lowest BCUT2D eigenvalue weighted by molar-refractivity contribution is 0.0768. The molecule has 0 saturated carbocycles. The number of rotatable bonds is 9. The summed E-state index contributed by atoms with van der Waals surface area (Å²) >= 11 is 0. The predicted molar refractivity (Wildman–Crippen MR) is 76.2 cm³/mol. The molecular formula is C14H24O3Si. The van der Waals surface area contributed by atoms with Crippen molar-refractivity contribution in [3.05, 3.63) is 36.1 Å². The van der Waals surface area contributed by atoms with Gasteiger partial charge in [0, 0.05) is 25.0 Å². The largest absolute Gasteiger partial charge is 0.532 e. The smallest absolute Gasteiger partial charge is 0.370 e. The molecule has 0 saturated heterocycles. The summed E-state index contributed by atoms with van der Waals surface area (Å²) in [6, 6.07) is 0. The third kappa shape index (κ3) is 4.21. The molecular weight excluding hydrogens is 244 g/mol. The fourth-order valence-corrected chi connectivity index (χ4v) is 4.62. The van der Waals surface area contributed by atoms with Crippen molar-refractivity contribution in [2.24, 2.45) is 0 Å². The van der Waals surface area contributed by atoms with Crippen molar-refractivity contribution in [2.75, 3.05) is 19.8 Å². The molecule has 0 heterocycles. The van der Waals surface area contributed by atoms with Gasteiger partial charge >= 0.3 is 8.80 Å². The van der Waals surface area contributed by atoms with Crippen LogP contribution in [0.4, 0.5) is 0 Å². The second-order valence-electron chi connectivity index (χ2n) is 4.01. The summed E-state index contributed by atoms with van der Waals surface area (Å²) in [6.45, 7) is 9.51. The van der Waals surface area contributed by atoms with Gasteiger partial charge in [-0.3, -0.25) is 0 Å².